The fraction of sp³-hybridized carbons (Fsp3) is 0.440. The molecule has 0 amide bonds. The van der Waals surface area contributed by atoms with E-state index in [1.165, 1.54) is 12.8 Å². The second kappa shape index (κ2) is 8.47. The fourth-order valence-electron chi connectivity index (χ4n) is 4.55. The second-order valence-electron chi connectivity index (χ2n) is 8.83. The summed E-state index contributed by atoms with van der Waals surface area (Å²) in [5.74, 6) is 1.25. The first-order valence-corrected chi connectivity index (χ1v) is 11.3. The molecule has 0 bridgehead atoms. The first kappa shape index (κ1) is 20.8. The molecule has 2 aliphatic rings. The largest absolute Gasteiger partial charge is 0.493 e. The van der Waals surface area contributed by atoms with Gasteiger partial charge in [0.2, 0.25) is 0 Å². The third-order valence-electron chi connectivity index (χ3n) is 6.52. The Morgan fingerprint density at radius 2 is 1.69 bits per heavy atom. The number of hydrogen-bond donors (Lipinski definition) is 1. The summed E-state index contributed by atoms with van der Waals surface area (Å²) >= 11 is 0. The van der Waals surface area contributed by atoms with E-state index in [9.17, 15) is 4.79 Å². The summed E-state index contributed by atoms with van der Waals surface area (Å²) < 4.78 is 12.4. The number of rotatable bonds is 6. The van der Waals surface area contributed by atoms with E-state index in [1.807, 2.05) is 31.3 Å². The van der Waals surface area contributed by atoms with Crippen molar-refractivity contribution in [2.24, 2.45) is 0 Å². The molecular weight excluding hydrogens is 404 g/mol. The lowest BCUT2D eigenvalue weighted by Crippen LogP contribution is -2.43. The minimum Gasteiger partial charge on any atom is -0.493 e. The van der Waals surface area contributed by atoms with Crippen LogP contribution in [-0.4, -0.2) is 48.8 Å². The minimum atomic E-state index is -0.0879. The van der Waals surface area contributed by atoms with Crippen LogP contribution in [-0.2, 0) is 0 Å². The molecule has 5 rings (SSSR count). The van der Waals surface area contributed by atoms with Crippen molar-refractivity contribution in [1.82, 2.24) is 14.7 Å². The molecule has 0 unspecified atom stereocenters. The van der Waals surface area contributed by atoms with Crippen molar-refractivity contribution < 1.29 is 9.47 Å². The number of piperidine rings is 1. The van der Waals surface area contributed by atoms with Gasteiger partial charge in [0, 0.05) is 43.0 Å². The topological polar surface area (TPSA) is 68.1 Å². The molecule has 3 aromatic rings. The fourth-order valence-corrected chi connectivity index (χ4v) is 4.55. The van der Waals surface area contributed by atoms with Gasteiger partial charge < -0.3 is 19.7 Å². The van der Waals surface area contributed by atoms with Gasteiger partial charge in [-0.2, -0.15) is 0 Å². The van der Waals surface area contributed by atoms with Crippen molar-refractivity contribution in [3.8, 4) is 22.8 Å². The average molecular weight is 435 g/mol. The highest BCUT2D eigenvalue weighted by atomic mass is 16.5. The van der Waals surface area contributed by atoms with E-state index in [-0.39, 0.29) is 5.56 Å². The Bertz CT molecular complexity index is 1190. The lowest BCUT2D eigenvalue weighted by Gasteiger charge is -2.34. The highest BCUT2D eigenvalue weighted by Gasteiger charge is 2.27. The van der Waals surface area contributed by atoms with Gasteiger partial charge in [-0.3, -0.25) is 9.20 Å². The zero-order chi connectivity index (χ0) is 22.2. The van der Waals surface area contributed by atoms with Crippen LogP contribution in [0.15, 0.2) is 41.3 Å². The molecule has 0 radical (unpaired) electrons. The number of methoxy groups -OCH3 is 2. The predicted molar refractivity (Wildman–Crippen MR) is 126 cm³/mol. The van der Waals surface area contributed by atoms with Crippen LogP contribution in [0.2, 0.25) is 0 Å². The molecule has 32 heavy (non-hydrogen) atoms. The van der Waals surface area contributed by atoms with Crippen LogP contribution < -0.4 is 25.2 Å². The number of aryl methyl sites for hydroxylation is 1. The number of benzene rings is 1. The maximum atomic E-state index is 13.1. The monoisotopic (exact) mass is 434 g/mol. The van der Waals surface area contributed by atoms with E-state index < -0.39 is 0 Å². The predicted octanol–water partition coefficient (Wildman–Crippen LogP) is 3.41. The Balaban J connectivity index is 1.44. The molecule has 1 aromatic carbocycles. The molecule has 2 fully saturated rings. The van der Waals surface area contributed by atoms with Gasteiger partial charge in [0.15, 0.2) is 11.5 Å². The van der Waals surface area contributed by atoms with Gasteiger partial charge in [-0.1, -0.05) is 0 Å². The number of fused-ring (bicyclic) bond motifs is 1. The molecule has 3 heterocycles. The molecule has 1 saturated heterocycles. The van der Waals surface area contributed by atoms with Gasteiger partial charge in [-0.25, -0.2) is 4.98 Å². The lowest BCUT2D eigenvalue weighted by molar-refractivity contribution is 0.355. The van der Waals surface area contributed by atoms with Crippen molar-refractivity contribution in [3.63, 3.8) is 0 Å². The van der Waals surface area contributed by atoms with E-state index in [2.05, 4.69) is 16.3 Å². The molecule has 0 spiro atoms. The number of nitrogens with zero attached hydrogens (tertiary/aromatic N) is 3. The number of ether oxygens (including phenoxy) is 2. The number of pyridine rings is 1. The van der Waals surface area contributed by atoms with E-state index >= 15 is 0 Å². The Labute approximate surface area is 188 Å². The molecule has 1 N–H and O–H groups in total. The Morgan fingerprint density at radius 3 is 2.38 bits per heavy atom. The summed E-state index contributed by atoms with van der Waals surface area (Å²) in [5.41, 5.74) is 4.10. The maximum absolute atomic E-state index is 13.1. The van der Waals surface area contributed by atoms with Gasteiger partial charge in [-0.15, -0.1) is 0 Å². The molecule has 2 aromatic heterocycles. The minimum absolute atomic E-state index is 0.0879. The van der Waals surface area contributed by atoms with Gasteiger partial charge in [0.05, 0.1) is 25.6 Å². The van der Waals surface area contributed by atoms with E-state index in [0.29, 0.717) is 28.9 Å². The first-order chi connectivity index (χ1) is 15.6. The quantitative estimate of drug-likeness (QED) is 0.641. The summed E-state index contributed by atoms with van der Waals surface area (Å²) in [7, 11) is 3.20. The van der Waals surface area contributed by atoms with Crippen LogP contribution in [0.3, 0.4) is 0 Å². The van der Waals surface area contributed by atoms with Crippen LogP contribution >= 0.6 is 0 Å². The standard InChI is InChI=1S/C25H30N4O3/c1-16-12-20(28-10-8-19(9-11-28)26-18-5-6-18)15-29-24(30)14-21(27-25(16)29)17-4-7-22(31-2)23(13-17)32-3/h4,7,12-15,18-19,26H,5-6,8-11H2,1-3H3. The molecule has 1 aliphatic heterocycles. The van der Waals surface area contributed by atoms with Crippen LogP contribution in [0.1, 0.15) is 31.2 Å². The van der Waals surface area contributed by atoms with Crippen molar-refractivity contribution >= 4 is 11.3 Å². The Kier molecular flexibility index (Phi) is 5.51. The summed E-state index contributed by atoms with van der Waals surface area (Å²) in [4.78, 5) is 20.3. The maximum Gasteiger partial charge on any atom is 0.258 e. The summed E-state index contributed by atoms with van der Waals surface area (Å²) in [6, 6.07) is 10.7. The van der Waals surface area contributed by atoms with Crippen molar-refractivity contribution in [2.75, 3.05) is 32.2 Å². The normalized spacial score (nSPS) is 17.0. The molecule has 7 nitrogen and oxygen atoms in total. The first-order valence-electron chi connectivity index (χ1n) is 11.3. The Morgan fingerprint density at radius 1 is 0.969 bits per heavy atom. The molecule has 7 heteroatoms. The van der Waals surface area contributed by atoms with Crippen LogP contribution in [0, 0.1) is 6.92 Å². The van der Waals surface area contributed by atoms with E-state index in [1.54, 1.807) is 24.7 Å². The number of anilines is 1. The highest BCUT2D eigenvalue weighted by molar-refractivity contribution is 5.67. The SMILES string of the molecule is COc1ccc(-c2cc(=O)n3cc(N4CCC(NC5CC5)CC4)cc(C)c3n2)cc1OC. The molecule has 0 atom stereocenters. The molecular formula is C25H30N4O3. The molecule has 1 aliphatic carbocycles. The summed E-state index contributed by atoms with van der Waals surface area (Å²) in [6.07, 6.45) is 6.86. The number of nitrogens with one attached hydrogen (secondary N) is 1. The van der Waals surface area contributed by atoms with Gasteiger partial charge in [-0.05, 0) is 62.4 Å². The average Bonchev–Trinajstić information content (AvgIpc) is 3.63. The van der Waals surface area contributed by atoms with Crippen molar-refractivity contribution in [2.45, 2.75) is 44.7 Å². The lowest BCUT2D eigenvalue weighted by atomic mass is 10.0. The van der Waals surface area contributed by atoms with Gasteiger partial charge in [0.25, 0.3) is 5.56 Å². The summed E-state index contributed by atoms with van der Waals surface area (Å²) in [6.45, 7) is 4.02. The highest BCUT2D eigenvalue weighted by Crippen LogP contribution is 2.32. The van der Waals surface area contributed by atoms with Crippen LogP contribution in [0.25, 0.3) is 16.9 Å². The van der Waals surface area contributed by atoms with Gasteiger partial charge in [0.1, 0.15) is 5.65 Å². The number of aromatic nitrogens is 2. The van der Waals surface area contributed by atoms with Crippen molar-refractivity contribution in [3.05, 3.63) is 52.4 Å². The number of hydrogen-bond acceptors (Lipinski definition) is 6. The second-order valence-corrected chi connectivity index (χ2v) is 8.83. The van der Waals surface area contributed by atoms with E-state index in [4.69, 9.17) is 14.5 Å². The Hall–Kier alpha value is -3.06. The third kappa shape index (κ3) is 4.05. The van der Waals surface area contributed by atoms with Crippen LogP contribution in [0.4, 0.5) is 5.69 Å². The zero-order valence-electron chi connectivity index (χ0n) is 18.9. The smallest absolute Gasteiger partial charge is 0.258 e. The van der Waals surface area contributed by atoms with Crippen molar-refractivity contribution in [1.29, 1.82) is 0 Å². The molecule has 1 saturated carbocycles. The third-order valence-corrected chi connectivity index (χ3v) is 6.52. The summed E-state index contributed by atoms with van der Waals surface area (Å²) in [5, 5.41) is 3.74. The zero-order valence-corrected chi connectivity index (χ0v) is 18.9. The molecule has 168 valence electrons. The van der Waals surface area contributed by atoms with Gasteiger partial charge >= 0.3 is 0 Å². The van der Waals surface area contributed by atoms with Crippen LogP contribution in [0.5, 0.6) is 11.5 Å². The van der Waals surface area contributed by atoms with E-state index in [0.717, 1.165) is 48.8 Å².